The molecule has 9 nitrogen and oxygen atoms in total. The third-order valence-electron chi connectivity index (χ3n) is 8.48. The Morgan fingerprint density at radius 2 is 1.73 bits per heavy atom. The van der Waals surface area contributed by atoms with Gasteiger partial charge in [-0.2, -0.15) is 0 Å². The molecule has 1 saturated carbocycles. The second-order valence-electron chi connectivity index (χ2n) is 13.3. The first-order valence-electron chi connectivity index (χ1n) is 13.9. The lowest BCUT2D eigenvalue weighted by molar-refractivity contribution is -0.153. The van der Waals surface area contributed by atoms with Gasteiger partial charge >= 0.3 is 0 Å². The molecular weight excluding hydrogens is 512 g/mol. The van der Waals surface area contributed by atoms with E-state index in [9.17, 15) is 34.8 Å². The first kappa shape index (κ1) is 30.0. The van der Waals surface area contributed by atoms with Gasteiger partial charge in [-0.3, -0.25) is 19.3 Å². The summed E-state index contributed by atoms with van der Waals surface area (Å²) < 4.78 is 0. The molecule has 4 N–H and O–H groups in total. The normalized spacial score (nSPS) is 26.8. The minimum Gasteiger partial charge on any atom is -0.508 e. The SMILES string of the molecule is CN(C)CCCc1ccc(O)c2c1CC1CC3C(N(C)C)C(=O)C(C(=O)CC(C)(C)C)=C(O)C3(O)C(=O)C1=C2O. The lowest BCUT2D eigenvalue weighted by Crippen LogP contribution is -2.65. The van der Waals surface area contributed by atoms with E-state index in [0.29, 0.717) is 12.8 Å². The van der Waals surface area contributed by atoms with Crippen LogP contribution >= 0.6 is 0 Å². The van der Waals surface area contributed by atoms with Crippen LogP contribution in [0.15, 0.2) is 29.0 Å². The van der Waals surface area contributed by atoms with Gasteiger partial charge in [-0.25, -0.2) is 0 Å². The molecule has 1 fully saturated rings. The predicted molar refractivity (Wildman–Crippen MR) is 151 cm³/mol. The fraction of sp³-hybridized carbons (Fsp3) is 0.581. The summed E-state index contributed by atoms with van der Waals surface area (Å²) in [6.07, 6.45) is 1.94. The van der Waals surface area contributed by atoms with E-state index in [-0.39, 0.29) is 29.7 Å². The van der Waals surface area contributed by atoms with Gasteiger partial charge in [0.2, 0.25) is 5.78 Å². The van der Waals surface area contributed by atoms with Gasteiger partial charge in [-0.1, -0.05) is 26.8 Å². The number of aliphatic hydroxyl groups excluding tert-OH is 2. The van der Waals surface area contributed by atoms with Gasteiger partial charge in [0.15, 0.2) is 17.2 Å². The number of fused-ring (bicyclic) bond motifs is 3. The van der Waals surface area contributed by atoms with E-state index in [2.05, 4.69) is 4.90 Å². The van der Waals surface area contributed by atoms with Crippen LogP contribution in [0.4, 0.5) is 0 Å². The third-order valence-corrected chi connectivity index (χ3v) is 8.48. The molecule has 9 heteroatoms. The Hall–Kier alpha value is -3.01. The van der Waals surface area contributed by atoms with E-state index in [1.165, 1.54) is 6.07 Å². The molecule has 0 amide bonds. The van der Waals surface area contributed by atoms with Crippen LogP contribution in [0.5, 0.6) is 5.75 Å². The summed E-state index contributed by atoms with van der Waals surface area (Å²) in [7, 11) is 7.25. The molecule has 0 heterocycles. The van der Waals surface area contributed by atoms with Gasteiger partial charge in [-0.05, 0) is 88.9 Å². The van der Waals surface area contributed by atoms with E-state index in [0.717, 1.165) is 24.1 Å². The third kappa shape index (κ3) is 4.88. The molecule has 0 bridgehead atoms. The summed E-state index contributed by atoms with van der Waals surface area (Å²) in [5, 5.41) is 45.5. The maximum Gasteiger partial charge on any atom is 0.202 e. The van der Waals surface area contributed by atoms with Crippen LogP contribution in [0.2, 0.25) is 0 Å². The molecule has 0 saturated heterocycles. The number of benzene rings is 1. The minimum atomic E-state index is -2.57. The van der Waals surface area contributed by atoms with Crippen LogP contribution in [0.3, 0.4) is 0 Å². The molecule has 0 radical (unpaired) electrons. The number of phenols is 1. The highest BCUT2D eigenvalue weighted by molar-refractivity contribution is 6.25. The van der Waals surface area contributed by atoms with Crippen molar-refractivity contribution < 1.29 is 34.8 Å². The van der Waals surface area contributed by atoms with Crippen molar-refractivity contribution in [2.24, 2.45) is 17.3 Å². The molecule has 4 atom stereocenters. The van der Waals surface area contributed by atoms with E-state index in [4.69, 9.17) is 0 Å². The number of carbonyl (C=O) groups is 3. The molecule has 0 aliphatic heterocycles. The fourth-order valence-corrected chi connectivity index (χ4v) is 6.73. The van der Waals surface area contributed by atoms with Crippen molar-refractivity contribution in [1.82, 2.24) is 9.80 Å². The van der Waals surface area contributed by atoms with Gasteiger partial charge < -0.3 is 25.3 Å². The Morgan fingerprint density at radius 3 is 2.30 bits per heavy atom. The number of phenolic OH excluding ortho intramolecular Hbond substituents is 1. The molecule has 4 unspecified atom stereocenters. The van der Waals surface area contributed by atoms with Gasteiger partial charge in [0, 0.05) is 17.9 Å². The van der Waals surface area contributed by atoms with Crippen molar-refractivity contribution in [1.29, 1.82) is 0 Å². The molecule has 4 rings (SSSR count). The number of aryl methyl sites for hydroxylation is 1. The summed E-state index contributed by atoms with van der Waals surface area (Å²) in [4.78, 5) is 44.7. The number of hydrogen-bond donors (Lipinski definition) is 4. The number of aliphatic hydroxyl groups is 3. The number of likely N-dealkylation sites (N-methyl/N-ethyl adjacent to an activating group) is 1. The number of hydrogen-bond acceptors (Lipinski definition) is 9. The van der Waals surface area contributed by atoms with Gasteiger partial charge in [-0.15, -0.1) is 0 Å². The fourth-order valence-electron chi connectivity index (χ4n) is 6.73. The molecule has 1 aromatic carbocycles. The smallest absolute Gasteiger partial charge is 0.202 e. The minimum absolute atomic E-state index is 0.0678. The van der Waals surface area contributed by atoms with Crippen LogP contribution < -0.4 is 0 Å². The number of Topliss-reactive ketones (excluding diaryl/α,β-unsaturated/α-hetero) is 3. The van der Waals surface area contributed by atoms with Crippen molar-refractivity contribution in [3.8, 4) is 5.75 Å². The van der Waals surface area contributed by atoms with Crippen molar-refractivity contribution in [3.63, 3.8) is 0 Å². The maximum atomic E-state index is 14.1. The van der Waals surface area contributed by atoms with Crippen molar-refractivity contribution >= 4 is 23.1 Å². The summed E-state index contributed by atoms with van der Waals surface area (Å²) in [6.45, 7) is 6.30. The predicted octanol–water partition coefficient (Wildman–Crippen LogP) is 2.98. The Morgan fingerprint density at radius 1 is 1.07 bits per heavy atom. The first-order chi connectivity index (χ1) is 18.5. The van der Waals surface area contributed by atoms with E-state index in [1.54, 1.807) is 19.0 Å². The van der Waals surface area contributed by atoms with Crippen LogP contribution in [-0.4, -0.2) is 94.0 Å². The number of ketones is 3. The summed E-state index contributed by atoms with van der Waals surface area (Å²) >= 11 is 0. The average molecular weight is 555 g/mol. The molecule has 3 aliphatic rings. The van der Waals surface area contributed by atoms with Crippen molar-refractivity contribution in [3.05, 3.63) is 45.7 Å². The molecule has 218 valence electrons. The number of rotatable bonds is 7. The zero-order chi connectivity index (χ0) is 29.9. The summed E-state index contributed by atoms with van der Waals surface area (Å²) in [6, 6.07) is 2.29. The van der Waals surface area contributed by atoms with E-state index >= 15 is 0 Å². The molecule has 40 heavy (non-hydrogen) atoms. The zero-order valence-corrected chi connectivity index (χ0v) is 24.5. The Bertz CT molecular complexity index is 1320. The Labute approximate surface area is 235 Å². The molecular formula is C31H42N2O7. The molecule has 0 spiro atoms. The molecule has 1 aromatic rings. The lowest BCUT2D eigenvalue weighted by Gasteiger charge is -2.50. The van der Waals surface area contributed by atoms with Gasteiger partial charge in [0.25, 0.3) is 0 Å². The topological polar surface area (TPSA) is 139 Å². The second kappa shape index (κ2) is 10.4. The quantitative estimate of drug-likeness (QED) is 0.375. The van der Waals surface area contributed by atoms with Crippen LogP contribution in [0.1, 0.15) is 56.7 Å². The molecule has 0 aromatic heterocycles. The highest BCUT2D eigenvalue weighted by atomic mass is 16.3. The molecule has 3 aliphatic carbocycles. The highest BCUT2D eigenvalue weighted by Crippen LogP contribution is 2.53. The number of nitrogens with zero attached hydrogens (tertiary/aromatic N) is 2. The van der Waals surface area contributed by atoms with Crippen LogP contribution in [-0.2, 0) is 27.2 Å². The van der Waals surface area contributed by atoms with Crippen LogP contribution in [0.25, 0.3) is 5.76 Å². The van der Waals surface area contributed by atoms with Crippen molar-refractivity contribution in [2.45, 2.75) is 64.5 Å². The highest BCUT2D eigenvalue weighted by Gasteiger charge is 2.64. The van der Waals surface area contributed by atoms with Gasteiger partial charge in [0.05, 0.1) is 11.6 Å². The lowest BCUT2D eigenvalue weighted by atomic mass is 9.57. The summed E-state index contributed by atoms with van der Waals surface area (Å²) in [5.74, 6) is -5.32. The van der Waals surface area contributed by atoms with E-state index < -0.39 is 63.3 Å². The maximum absolute atomic E-state index is 14.1. The van der Waals surface area contributed by atoms with Crippen molar-refractivity contribution in [2.75, 3.05) is 34.7 Å². The Kier molecular flexibility index (Phi) is 7.81. The van der Waals surface area contributed by atoms with Crippen LogP contribution in [0, 0.1) is 17.3 Å². The Balaban J connectivity index is 1.87. The number of aromatic hydroxyl groups is 1. The monoisotopic (exact) mass is 554 g/mol. The summed E-state index contributed by atoms with van der Waals surface area (Å²) in [5.41, 5.74) is -1.86. The second-order valence-corrected chi connectivity index (χ2v) is 13.3. The average Bonchev–Trinajstić information content (AvgIpc) is 2.81. The van der Waals surface area contributed by atoms with Gasteiger partial charge in [0.1, 0.15) is 22.8 Å². The standard InChI is InChI=1S/C31H42N2O7/c1-30(2,3)15-21(35)24-27(37)25(33(6)7)19-14-17-13-18-16(9-8-12-32(4)5)10-11-20(34)23(18)26(36)22(17)28(38)31(19,40)29(24)39/h10-11,17,19,25,34,36,39-40H,8-9,12-15H2,1-7H3. The first-order valence-corrected chi connectivity index (χ1v) is 13.9. The zero-order valence-electron chi connectivity index (χ0n) is 24.5. The number of carbonyl (C=O) groups excluding carboxylic acids is 3. The van der Waals surface area contributed by atoms with E-state index in [1.807, 2.05) is 40.9 Å². The largest absolute Gasteiger partial charge is 0.508 e.